The number of imide groups is 1. The predicted molar refractivity (Wildman–Crippen MR) is 113 cm³/mol. The number of rotatable bonds is 5. The molecule has 8 nitrogen and oxygen atoms in total. The van der Waals surface area contributed by atoms with Gasteiger partial charge in [0.15, 0.2) is 0 Å². The first-order valence-corrected chi connectivity index (χ1v) is 10.5. The van der Waals surface area contributed by atoms with E-state index in [4.69, 9.17) is 0 Å². The zero-order chi connectivity index (χ0) is 21.9. The lowest BCUT2D eigenvalue weighted by molar-refractivity contribution is -0.139. The fourth-order valence-electron chi connectivity index (χ4n) is 4.11. The van der Waals surface area contributed by atoms with E-state index in [1.165, 1.54) is 11.9 Å². The SMILES string of the molecule is Cc1ccc(C)c(NC(=O)CN(C)C(=O)CN2C(=O)NC3(CCCCCC3)C2=O)c1. The van der Waals surface area contributed by atoms with Gasteiger partial charge in [-0.1, -0.05) is 37.8 Å². The minimum atomic E-state index is -0.869. The molecule has 2 fully saturated rings. The Kier molecular flexibility index (Phi) is 6.43. The van der Waals surface area contributed by atoms with Crippen molar-refractivity contribution >= 4 is 29.4 Å². The van der Waals surface area contributed by atoms with Gasteiger partial charge in [-0.3, -0.25) is 19.3 Å². The van der Waals surface area contributed by atoms with Crippen LogP contribution in [0.25, 0.3) is 0 Å². The Morgan fingerprint density at radius 2 is 1.80 bits per heavy atom. The van der Waals surface area contributed by atoms with E-state index >= 15 is 0 Å². The van der Waals surface area contributed by atoms with E-state index in [0.29, 0.717) is 18.5 Å². The number of nitrogens with one attached hydrogen (secondary N) is 2. The topological polar surface area (TPSA) is 98.8 Å². The highest BCUT2D eigenvalue weighted by molar-refractivity contribution is 6.09. The number of amides is 5. The van der Waals surface area contributed by atoms with E-state index in [2.05, 4.69) is 10.6 Å². The molecule has 3 rings (SSSR count). The van der Waals surface area contributed by atoms with Crippen LogP contribution in [-0.2, 0) is 14.4 Å². The van der Waals surface area contributed by atoms with Crippen LogP contribution in [0.2, 0.25) is 0 Å². The monoisotopic (exact) mass is 414 g/mol. The number of likely N-dealkylation sites (N-methyl/N-ethyl adjacent to an activating group) is 1. The first kappa shape index (κ1) is 21.8. The molecule has 0 radical (unpaired) electrons. The minimum Gasteiger partial charge on any atom is -0.335 e. The molecule has 0 atom stereocenters. The van der Waals surface area contributed by atoms with Crippen LogP contribution in [0.3, 0.4) is 0 Å². The van der Waals surface area contributed by atoms with Crippen molar-refractivity contribution in [1.82, 2.24) is 15.1 Å². The Labute approximate surface area is 177 Å². The molecule has 1 aliphatic carbocycles. The minimum absolute atomic E-state index is 0.166. The van der Waals surface area contributed by atoms with Crippen molar-refractivity contribution in [2.45, 2.75) is 57.9 Å². The van der Waals surface area contributed by atoms with Gasteiger partial charge in [0.2, 0.25) is 11.8 Å². The number of nitrogens with zero attached hydrogens (tertiary/aromatic N) is 2. The van der Waals surface area contributed by atoms with Crippen LogP contribution >= 0.6 is 0 Å². The highest BCUT2D eigenvalue weighted by atomic mass is 16.2. The molecular formula is C22H30N4O4. The average molecular weight is 415 g/mol. The van der Waals surface area contributed by atoms with Crippen LogP contribution in [0.1, 0.15) is 49.7 Å². The summed E-state index contributed by atoms with van der Waals surface area (Å²) in [5.74, 6) is -1.12. The van der Waals surface area contributed by atoms with Gasteiger partial charge in [-0.25, -0.2) is 4.79 Å². The first-order valence-electron chi connectivity index (χ1n) is 10.5. The summed E-state index contributed by atoms with van der Waals surface area (Å²) in [6, 6.07) is 5.22. The first-order chi connectivity index (χ1) is 14.2. The maximum Gasteiger partial charge on any atom is 0.325 e. The van der Waals surface area contributed by atoms with Crippen LogP contribution in [0.15, 0.2) is 18.2 Å². The van der Waals surface area contributed by atoms with Crippen LogP contribution in [0.5, 0.6) is 0 Å². The molecule has 5 amide bonds. The fraction of sp³-hybridized carbons (Fsp3) is 0.545. The summed E-state index contributed by atoms with van der Waals surface area (Å²) in [5, 5.41) is 5.63. The van der Waals surface area contributed by atoms with Crippen molar-refractivity contribution in [1.29, 1.82) is 0 Å². The molecule has 1 saturated heterocycles. The van der Waals surface area contributed by atoms with Gasteiger partial charge in [-0.05, 0) is 43.9 Å². The second-order valence-corrected chi connectivity index (χ2v) is 8.43. The second-order valence-electron chi connectivity index (χ2n) is 8.43. The summed E-state index contributed by atoms with van der Waals surface area (Å²) in [6.07, 6.45) is 5.06. The number of anilines is 1. The molecule has 1 saturated carbocycles. The van der Waals surface area contributed by atoms with Gasteiger partial charge >= 0.3 is 6.03 Å². The average Bonchev–Trinajstić information content (AvgIpc) is 2.84. The zero-order valence-corrected chi connectivity index (χ0v) is 17.9. The van der Waals surface area contributed by atoms with Gasteiger partial charge in [-0.15, -0.1) is 0 Å². The molecule has 1 aromatic carbocycles. The zero-order valence-electron chi connectivity index (χ0n) is 17.9. The van der Waals surface area contributed by atoms with Gasteiger partial charge < -0.3 is 15.5 Å². The van der Waals surface area contributed by atoms with Gasteiger partial charge in [0.1, 0.15) is 12.1 Å². The van der Waals surface area contributed by atoms with E-state index < -0.39 is 17.5 Å². The summed E-state index contributed by atoms with van der Waals surface area (Å²) >= 11 is 0. The Bertz CT molecular complexity index is 859. The van der Waals surface area contributed by atoms with Gasteiger partial charge in [-0.2, -0.15) is 0 Å². The highest BCUT2D eigenvalue weighted by Gasteiger charge is 2.51. The quantitative estimate of drug-likeness (QED) is 0.723. The van der Waals surface area contributed by atoms with Crippen molar-refractivity contribution in [3.05, 3.63) is 29.3 Å². The summed E-state index contributed by atoms with van der Waals surface area (Å²) in [4.78, 5) is 52.5. The highest BCUT2D eigenvalue weighted by Crippen LogP contribution is 2.32. The molecule has 1 heterocycles. The fourth-order valence-corrected chi connectivity index (χ4v) is 4.11. The summed E-state index contributed by atoms with van der Waals surface area (Å²) in [5.41, 5.74) is 1.78. The maximum absolute atomic E-state index is 12.9. The Balaban J connectivity index is 1.58. The van der Waals surface area contributed by atoms with Crippen molar-refractivity contribution in [2.75, 3.05) is 25.5 Å². The van der Waals surface area contributed by atoms with E-state index in [1.807, 2.05) is 32.0 Å². The lowest BCUT2D eigenvalue weighted by Gasteiger charge is -2.25. The standard InChI is InChI=1S/C22H30N4O4/c1-15-8-9-16(2)17(12-15)23-18(27)13-25(3)19(28)14-26-20(29)22(24-21(26)30)10-6-4-5-7-11-22/h8-9,12H,4-7,10-11,13-14H2,1-3H3,(H,23,27)(H,24,30). The largest absolute Gasteiger partial charge is 0.335 e. The van der Waals surface area contributed by atoms with Crippen molar-refractivity contribution in [2.24, 2.45) is 0 Å². The van der Waals surface area contributed by atoms with Gasteiger partial charge in [0.05, 0.1) is 6.54 Å². The lowest BCUT2D eigenvalue weighted by Crippen LogP contribution is -2.47. The molecule has 30 heavy (non-hydrogen) atoms. The van der Waals surface area contributed by atoms with Crippen LogP contribution in [0, 0.1) is 13.8 Å². The lowest BCUT2D eigenvalue weighted by atomic mass is 9.90. The smallest absolute Gasteiger partial charge is 0.325 e. The van der Waals surface area contributed by atoms with Crippen molar-refractivity contribution in [3.63, 3.8) is 0 Å². The molecule has 0 unspecified atom stereocenters. The summed E-state index contributed by atoms with van der Waals surface area (Å²) in [7, 11) is 1.49. The number of benzene rings is 1. The van der Waals surface area contributed by atoms with Crippen LogP contribution in [0.4, 0.5) is 10.5 Å². The third kappa shape index (κ3) is 4.63. The Morgan fingerprint density at radius 3 is 2.47 bits per heavy atom. The van der Waals surface area contributed by atoms with E-state index in [1.54, 1.807) is 0 Å². The molecule has 0 aromatic heterocycles. The van der Waals surface area contributed by atoms with Gasteiger partial charge in [0, 0.05) is 12.7 Å². The molecule has 1 aliphatic heterocycles. The number of carbonyl (C=O) groups excluding carboxylic acids is 4. The van der Waals surface area contributed by atoms with Crippen LogP contribution < -0.4 is 10.6 Å². The maximum atomic E-state index is 12.9. The number of hydrogen-bond acceptors (Lipinski definition) is 4. The number of urea groups is 1. The van der Waals surface area contributed by atoms with E-state index in [0.717, 1.165) is 41.7 Å². The Morgan fingerprint density at radius 1 is 1.13 bits per heavy atom. The molecule has 0 bridgehead atoms. The predicted octanol–water partition coefficient (Wildman–Crippen LogP) is 2.35. The third-order valence-electron chi connectivity index (χ3n) is 5.97. The second kappa shape index (κ2) is 8.85. The van der Waals surface area contributed by atoms with Crippen molar-refractivity contribution in [3.8, 4) is 0 Å². The molecular weight excluding hydrogens is 384 g/mol. The molecule has 1 spiro atoms. The Hall–Kier alpha value is -2.90. The molecule has 8 heteroatoms. The third-order valence-corrected chi connectivity index (χ3v) is 5.97. The van der Waals surface area contributed by atoms with E-state index in [-0.39, 0.29) is 24.9 Å². The normalized spacial score (nSPS) is 18.2. The van der Waals surface area contributed by atoms with Gasteiger partial charge in [0.25, 0.3) is 5.91 Å². The summed E-state index contributed by atoms with van der Waals surface area (Å²) in [6.45, 7) is 3.30. The summed E-state index contributed by atoms with van der Waals surface area (Å²) < 4.78 is 0. The number of hydrogen-bond donors (Lipinski definition) is 2. The molecule has 1 aromatic rings. The van der Waals surface area contributed by atoms with E-state index in [9.17, 15) is 19.2 Å². The molecule has 2 aliphatic rings. The molecule has 162 valence electrons. The number of carbonyl (C=O) groups is 4. The molecule has 2 N–H and O–H groups in total. The van der Waals surface area contributed by atoms with Crippen molar-refractivity contribution < 1.29 is 19.2 Å². The number of aryl methyl sites for hydroxylation is 2. The van der Waals surface area contributed by atoms with Crippen LogP contribution in [-0.4, -0.2) is 59.2 Å².